The summed E-state index contributed by atoms with van der Waals surface area (Å²) in [5.41, 5.74) is 6.12. The molecule has 0 atom stereocenters. The standard InChI is InChI=1S/C13H20N4O2S/c1-17-10(3-7-16-17)2-6-15-12(18)13(11(14)20)4-8-19-9-5-13/h3,7H,2,4-6,8-9H2,1H3,(H2,14,20)(H,15,18). The minimum Gasteiger partial charge on any atom is -0.392 e. The van der Waals surface area contributed by atoms with E-state index in [4.69, 9.17) is 22.7 Å². The summed E-state index contributed by atoms with van der Waals surface area (Å²) in [5, 5.41) is 7.03. The van der Waals surface area contributed by atoms with E-state index in [2.05, 4.69) is 10.4 Å². The minimum absolute atomic E-state index is 0.0875. The topological polar surface area (TPSA) is 82.2 Å². The van der Waals surface area contributed by atoms with Gasteiger partial charge in [-0.25, -0.2) is 0 Å². The number of aromatic nitrogens is 2. The molecule has 1 aliphatic heterocycles. The molecule has 1 aromatic heterocycles. The lowest BCUT2D eigenvalue weighted by atomic mass is 9.79. The summed E-state index contributed by atoms with van der Waals surface area (Å²) >= 11 is 5.10. The molecule has 20 heavy (non-hydrogen) atoms. The fraction of sp³-hybridized carbons (Fsp3) is 0.615. The van der Waals surface area contributed by atoms with Gasteiger partial charge in [0, 0.05) is 45.1 Å². The van der Waals surface area contributed by atoms with E-state index in [9.17, 15) is 4.79 Å². The highest BCUT2D eigenvalue weighted by Crippen LogP contribution is 2.31. The van der Waals surface area contributed by atoms with Gasteiger partial charge in [0.05, 0.1) is 4.99 Å². The van der Waals surface area contributed by atoms with Gasteiger partial charge >= 0.3 is 0 Å². The first-order chi connectivity index (χ1) is 9.56. The predicted molar refractivity (Wildman–Crippen MR) is 79.2 cm³/mol. The zero-order valence-corrected chi connectivity index (χ0v) is 12.4. The van der Waals surface area contributed by atoms with Crippen molar-refractivity contribution in [2.75, 3.05) is 19.8 Å². The predicted octanol–water partition coefficient (Wildman–Crippen LogP) is 0.162. The van der Waals surface area contributed by atoms with Crippen LogP contribution in [0.15, 0.2) is 12.3 Å². The lowest BCUT2D eigenvalue weighted by Gasteiger charge is -2.34. The van der Waals surface area contributed by atoms with Gasteiger partial charge in [0.1, 0.15) is 5.41 Å². The Kier molecular flexibility index (Phi) is 4.72. The lowest BCUT2D eigenvalue weighted by Crippen LogP contribution is -2.52. The smallest absolute Gasteiger partial charge is 0.233 e. The van der Waals surface area contributed by atoms with E-state index < -0.39 is 5.41 Å². The SMILES string of the molecule is Cn1nccc1CCNC(=O)C1(C(N)=S)CCOCC1. The van der Waals surface area contributed by atoms with E-state index in [-0.39, 0.29) is 10.9 Å². The number of nitrogens with one attached hydrogen (secondary N) is 1. The van der Waals surface area contributed by atoms with Crippen molar-refractivity contribution < 1.29 is 9.53 Å². The molecule has 1 aliphatic rings. The van der Waals surface area contributed by atoms with Gasteiger partial charge in [0.2, 0.25) is 5.91 Å². The van der Waals surface area contributed by atoms with Crippen LogP contribution in [-0.2, 0) is 23.0 Å². The summed E-state index contributed by atoms with van der Waals surface area (Å²) in [6.07, 6.45) is 3.58. The average Bonchev–Trinajstić information content (AvgIpc) is 2.85. The summed E-state index contributed by atoms with van der Waals surface area (Å²) in [6.45, 7) is 1.59. The van der Waals surface area contributed by atoms with Crippen LogP contribution in [0.3, 0.4) is 0 Å². The summed E-state index contributed by atoms with van der Waals surface area (Å²) in [5.74, 6) is -0.0875. The van der Waals surface area contributed by atoms with Gasteiger partial charge in [0.25, 0.3) is 0 Å². The van der Waals surface area contributed by atoms with Gasteiger partial charge in [-0.2, -0.15) is 5.10 Å². The van der Waals surface area contributed by atoms with Crippen molar-refractivity contribution in [1.29, 1.82) is 0 Å². The normalized spacial score (nSPS) is 17.6. The fourth-order valence-electron chi connectivity index (χ4n) is 2.43. The number of aryl methyl sites for hydroxylation is 1. The zero-order chi connectivity index (χ0) is 14.6. The van der Waals surface area contributed by atoms with Crippen molar-refractivity contribution in [3.63, 3.8) is 0 Å². The second-order valence-corrected chi connectivity index (χ2v) is 5.45. The molecule has 0 bridgehead atoms. The number of carbonyl (C=O) groups is 1. The Balaban J connectivity index is 1.92. The van der Waals surface area contributed by atoms with Crippen LogP contribution in [-0.4, -0.2) is 40.4 Å². The van der Waals surface area contributed by atoms with Crippen LogP contribution in [0.4, 0.5) is 0 Å². The maximum atomic E-state index is 12.4. The van der Waals surface area contributed by atoms with Gasteiger partial charge in [-0.05, 0) is 18.9 Å². The van der Waals surface area contributed by atoms with Crippen molar-refractivity contribution in [2.24, 2.45) is 18.2 Å². The van der Waals surface area contributed by atoms with Crippen LogP contribution < -0.4 is 11.1 Å². The van der Waals surface area contributed by atoms with Crippen molar-refractivity contribution in [3.8, 4) is 0 Å². The molecule has 7 heteroatoms. The molecule has 3 N–H and O–H groups in total. The van der Waals surface area contributed by atoms with Crippen LogP contribution in [0.1, 0.15) is 18.5 Å². The third-order valence-electron chi connectivity index (χ3n) is 3.84. The summed E-state index contributed by atoms with van der Waals surface area (Å²) < 4.78 is 7.09. The largest absolute Gasteiger partial charge is 0.392 e. The van der Waals surface area contributed by atoms with Gasteiger partial charge in [-0.3, -0.25) is 9.48 Å². The van der Waals surface area contributed by atoms with Crippen molar-refractivity contribution >= 4 is 23.1 Å². The van der Waals surface area contributed by atoms with Gasteiger partial charge in [-0.1, -0.05) is 12.2 Å². The van der Waals surface area contributed by atoms with Crippen molar-refractivity contribution in [1.82, 2.24) is 15.1 Å². The Morgan fingerprint density at radius 3 is 2.85 bits per heavy atom. The molecule has 0 spiro atoms. The van der Waals surface area contributed by atoms with Crippen LogP contribution in [0.2, 0.25) is 0 Å². The second-order valence-electron chi connectivity index (χ2n) is 5.01. The van der Waals surface area contributed by atoms with Crippen LogP contribution in [0, 0.1) is 5.41 Å². The monoisotopic (exact) mass is 296 g/mol. The number of amides is 1. The molecule has 110 valence electrons. The highest BCUT2D eigenvalue weighted by atomic mass is 32.1. The Morgan fingerprint density at radius 1 is 1.60 bits per heavy atom. The number of rotatable bonds is 5. The number of nitrogens with two attached hydrogens (primary N) is 1. The van der Waals surface area contributed by atoms with E-state index >= 15 is 0 Å². The van der Waals surface area contributed by atoms with Crippen molar-refractivity contribution in [2.45, 2.75) is 19.3 Å². The average molecular weight is 296 g/mol. The fourth-order valence-corrected chi connectivity index (χ4v) is 2.72. The molecule has 0 aliphatic carbocycles. The molecule has 2 heterocycles. The summed E-state index contributed by atoms with van der Waals surface area (Å²) in [7, 11) is 1.88. The van der Waals surface area contributed by atoms with Crippen molar-refractivity contribution in [3.05, 3.63) is 18.0 Å². The van der Waals surface area contributed by atoms with E-state index in [1.54, 1.807) is 10.9 Å². The van der Waals surface area contributed by atoms with E-state index in [0.29, 0.717) is 32.6 Å². The molecule has 6 nitrogen and oxygen atoms in total. The maximum Gasteiger partial charge on any atom is 0.233 e. The van der Waals surface area contributed by atoms with Crippen LogP contribution in [0.25, 0.3) is 0 Å². The molecular formula is C13H20N4O2S. The Bertz CT molecular complexity index is 494. The number of hydrogen-bond acceptors (Lipinski definition) is 4. The zero-order valence-electron chi connectivity index (χ0n) is 11.6. The lowest BCUT2D eigenvalue weighted by molar-refractivity contribution is -0.131. The maximum absolute atomic E-state index is 12.4. The third-order valence-corrected chi connectivity index (χ3v) is 4.23. The van der Waals surface area contributed by atoms with E-state index in [1.165, 1.54) is 0 Å². The molecule has 2 rings (SSSR count). The van der Waals surface area contributed by atoms with Crippen LogP contribution >= 0.6 is 12.2 Å². The van der Waals surface area contributed by atoms with Crippen LogP contribution in [0.5, 0.6) is 0 Å². The molecule has 0 radical (unpaired) electrons. The molecule has 1 fully saturated rings. The first-order valence-electron chi connectivity index (χ1n) is 6.69. The second kappa shape index (κ2) is 6.32. The van der Waals surface area contributed by atoms with Gasteiger partial charge in [-0.15, -0.1) is 0 Å². The number of nitrogens with zero attached hydrogens (tertiary/aromatic N) is 2. The molecule has 0 aromatic carbocycles. The molecule has 1 aromatic rings. The Morgan fingerprint density at radius 2 is 2.30 bits per heavy atom. The summed E-state index contributed by atoms with van der Waals surface area (Å²) in [4.78, 5) is 12.7. The Labute approximate surface area is 123 Å². The highest BCUT2D eigenvalue weighted by Gasteiger charge is 2.42. The number of ether oxygens (including phenoxy) is 1. The number of hydrogen-bond donors (Lipinski definition) is 2. The van der Waals surface area contributed by atoms with Gasteiger partial charge in [0.15, 0.2) is 0 Å². The third kappa shape index (κ3) is 2.99. The Hall–Kier alpha value is -1.47. The quantitative estimate of drug-likeness (QED) is 0.757. The first kappa shape index (κ1) is 14.9. The molecule has 1 amide bonds. The molecule has 0 saturated carbocycles. The highest BCUT2D eigenvalue weighted by molar-refractivity contribution is 7.80. The molecule has 0 unspecified atom stereocenters. The van der Waals surface area contributed by atoms with Gasteiger partial charge < -0.3 is 15.8 Å². The minimum atomic E-state index is -0.750. The van der Waals surface area contributed by atoms with E-state index in [1.807, 2.05) is 13.1 Å². The molecular weight excluding hydrogens is 276 g/mol. The number of carbonyl (C=O) groups excluding carboxylic acids is 1. The van der Waals surface area contributed by atoms with E-state index in [0.717, 1.165) is 12.1 Å². The number of thiocarbonyl (C=S) groups is 1. The molecule has 1 saturated heterocycles. The summed E-state index contributed by atoms with van der Waals surface area (Å²) in [6, 6.07) is 1.93. The first-order valence-corrected chi connectivity index (χ1v) is 7.10.